The van der Waals surface area contributed by atoms with E-state index in [4.69, 9.17) is 14.2 Å². The predicted octanol–water partition coefficient (Wildman–Crippen LogP) is 2.71. The van der Waals surface area contributed by atoms with Gasteiger partial charge in [-0.05, 0) is 31.5 Å². The molecule has 0 radical (unpaired) electrons. The zero-order chi connectivity index (χ0) is 13.7. The first-order valence-electron chi connectivity index (χ1n) is 5.66. The summed E-state index contributed by atoms with van der Waals surface area (Å²) in [6, 6.07) is 3.48. The van der Waals surface area contributed by atoms with Gasteiger partial charge in [0.05, 0.1) is 27.4 Å². The van der Waals surface area contributed by atoms with Crippen LogP contribution < -0.4 is 14.2 Å². The highest BCUT2D eigenvalue weighted by atomic mass is 16.5. The maximum atomic E-state index is 10.1. The minimum absolute atomic E-state index is 0.521. The minimum atomic E-state index is -0.691. The van der Waals surface area contributed by atoms with Crippen molar-refractivity contribution in [3.8, 4) is 17.2 Å². The smallest absolute Gasteiger partial charge is 0.203 e. The molecule has 0 aliphatic heterocycles. The van der Waals surface area contributed by atoms with Crippen molar-refractivity contribution in [3.05, 3.63) is 29.3 Å². The largest absolute Gasteiger partial charge is 0.493 e. The maximum absolute atomic E-state index is 10.1. The molecule has 100 valence electrons. The number of ether oxygens (including phenoxy) is 3. The third-order valence-corrected chi connectivity index (χ3v) is 2.52. The lowest BCUT2D eigenvalue weighted by atomic mass is 10.1. The molecule has 1 aromatic carbocycles. The van der Waals surface area contributed by atoms with Crippen molar-refractivity contribution in [1.29, 1.82) is 0 Å². The van der Waals surface area contributed by atoms with E-state index in [9.17, 15) is 5.11 Å². The van der Waals surface area contributed by atoms with E-state index in [0.717, 1.165) is 5.57 Å². The van der Waals surface area contributed by atoms with Gasteiger partial charge in [-0.1, -0.05) is 11.6 Å². The Hall–Kier alpha value is -1.68. The fraction of sp³-hybridized carbons (Fsp3) is 0.429. The Morgan fingerprint density at radius 1 is 1.06 bits per heavy atom. The van der Waals surface area contributed by atoms with Crippen molar-refractivity contribution < 1.29 is 19.3 Å². The first-order chi connectivity index (χ1) is 8.53. The highest BCUT2D eigenvalue weighted by Gasteiger charge is 2.16. The molecule has 1 N–H and O–H groups in total. The summed E-state index contributed by atoms with van der Waals surface area (Å²) in [5.41, 5.74) is 1.74. The number of aliphatic hydroxyl groups is 1. The second kappa shape index (κ2) is 6.31. The van der Waals surface area contributed by atoms with Crippen LogP contribution in [0.25, 0.3) is 0 Å². The molecule has 0 saturated heterocycles. The van der Waals surface area contributed by atoms with Crippen LogP contribution in [0.3, 0.4) is 0 Å². The minimum Gasteiger partial charge on any atom is -0.493 e. The highest BCUT2D eigenvalue weighted by molar-refractivity contribution is 5.54. The number of hydrogen-bond donors (Lipinski definition) is 1. The zero-order valence-electron chi connectivity index (χ0n) is 11.5. The quantitative estimate of drug-likeness (QED) is 0.818. The Morgan fingerprint density at radius 2 is 1.56 bits per heavy atom. The number of hydrogen-bond acceptors (Lipinski definition) is 4. The molecule has 1 unspecified atom stereocenters. The van der Waals surface area contributed by atoms with Gasteiger partial charge in [0.15, 0.2) is 11.5 Å². The predicted molar refractivity (Wildman–Crippen MR) is 70.5 cm³/mol. The summed E-state index contributed by atoms with van der Waals surface area (Å²) in [7, 11) is 4.65. The molecule has 0 heterocycles. The second-order valence-corrected chi connectivity index (χ2v) is 4.15. The Kier molecular flexibility index (Phi) is 5.04. The number of methoxy groups -OCH3 is 3. The van der Waals surface area contributed by atoms with E-state index in [0.29, 0.717) is 22.8 Å². The summed E-state index contributed by atoms with van der Waals surface area (Å²) in [5, 5.41) is 10.1. The fourth-order valence-corrected chi connectivity index (χ4v) is 1.68. The Balaban J connectivity index is 3.27. The standard InChI is InChI=1S/C14H20O4/c1-9(2)6-11(15)10-7-12(16-3)14(18-5)13(8-10)17-4/h6-8,11,15H,1-5H3. The normalized spacial score (nSPS) is 11.7. The van der Waals surface area contributed by atoms with Gasteiger partial charge in [-0.15, -0.1) is 0 Å². The van der Waals surface area contributed by atoms with E-state index in [-0.39, 0.29) is 0 Å². The van der Waals surface area contributed by atoms with E-state index in [1.165, 1.54) is 0 Å². The Bertz CT molecular complexity index is 408. The molecule has 0 aromatic heterocycles. The molecule has 1 rings (SSSR count). The van der Waals surface area contributed by atoms with Crippen LogP contribution in [0.15, 0.2) is 23.8 Å². The van der Waals surface area contributed by atoms with E-state index < -0.39 is 6.10 Å². The van der Waals surface area contributed by atoms with Gasteiger partial charge in [-0.2, -0.15) is 0 Å². The summed E-state index contributed by atoms with van der Waals surface area (Å²) in [4.78, 5) is 0. The van der Waals surface area contributed by atoms with Gasteiger partial charge in [0, 0.05) is 0 Å². The molecular formula is C14H20O4. The molecule has 0 amide bonds. The number of rotatable bonds is 5. The van der Waals surface area contributed by atoms with Crippen LogP contribution in [0.4, 0.5) is 0 Å². The summed E-state index contributed by atoms with van der Waals surface area (Å²) in [6.07, 6.45) is 1.07. The molecule has 4 nitrogen and oxygen atoms in total. The average molecular weight is 252 g/mol. The van der Waals surface area contributed by atoms with Crippen molar-refractivity contribution in [2.24, 2.45) is 0 Å². The van der Waals surface area contributed by atoms with Gasteiger partial charge in [0.25, 0.3) is 0 Å². The summed E-state index contributed by atoms with van der Waals surface area (Å²) in [6.45, 7) is 3.86. The van der Waals surface area contributed by atoms with Crippen LogP contribution in [-0.2, 0) is 0 Å². The van der Waals surface area contributed by atoms with Crippen LogP contribution in [0.1, 0.15) is 25.5 Å². The van der Waals surface area contributed by atoms with Crippen LogP contribution in [0, 0.1) is 0 Å². The van der Waals surface area contributed by atoms with Crippen molar-refractivity contribution in [1.82, 2.24) is 0 Å². The fourth-order valence-electron chi connectivity index (χ4n) is 1.68. The van der Waals surface area contributed by atoms with Crippen molar-refractivity contribution in [2.45, 2.75) is 20.0 Å². The number of allylic oxidation sites excluding steroid dienone is 1. The lowest BCUT2D eigenvalue weighted by Gasteiger charge is -2.15. The molecule has 0 aliphatic rings. The third kappa shape index (κ3) is 3.17. The first-order valence-corrected chi connectivity index (χ1v) is 5.66. The van der Waals surface area contributed by atoms with Gasteiger partial charge >= 0.3 is 0 Å². The average Bonchev–Trinajstić information content (AvgIpc) is 2.35. The number of aliphatic hydroxyl groups excluding tert-OH is 1. The molecule has 0 aliphatic carbocycles. The van der Waals surface area contributed by atoms with Gasteiger partial charge < -0.3 is 19.3 Å². The van der Waals surface area contributed by atoms with E-state index in [1.54, 1.807) is 39.5 Å². The molecule has 0 saturated carbocycles. The van der Waals surface area contributed by atoms with Crippen molar-refractivity contribution in [2.75, 3.05) is 21.3 Å². The molecule has 0 fully saturated rings. The van der Waals surface area contributed by atoms with Gasteiger partial charge in [0.1, 0.15) is 0 Å². The van der Waals surface area contributed by atoms with E-state index in [2.05, 4.69) is 0 Å². The van der Waals surface area contributed by atoms with Crippen LogP contribution in [0.2, 0.25) is 0 Å². The molecule has 0 bridgehead atoms. The summed E-state index contributed by atoms with van der Waals surface area (Å²) >= 11 is 0. The molecule has 1 atom stereocenters. The van der Waals surface area contributed by atoms with Crippen LogP contribution >= 0.6 is 0 Å². The zero-order valence-corrected chi connectivity index (χ0v) is 11.5. The third-order valence-electron chi connectivity index (χ3n) is 2.52. The second-order valence-electron chi connectivity index (χ2n) is 4.15. The van der Waals surface area contributed by atoms with Crippen molar-refractivity contribution in [3.63, 3.8) is 0 Å². The van der Waals surface area contributed by atoms with Crippen LogP contribution in [0.5, 0.6) is 17.2 Å². The van der Waals surface area contributed by atoms with Gasteiger partial charge in [-0.3, -0.25) is 0 Å². The summed E-state index contributed by atoms with van der Waals surface area (Å²) in [5.74, 6) is 1.59. The number of benzene rings is 1. The van der Waals surface area contributed by atoms with E-state index >= 15 is 0 Å². The Morgan fingerprint density at radius 3 is 1.89 bits per heavy atom. The van der Waals surface area contributed by atoms with Gasteiger partial charge in [0.2, 0.25) is 5.75 Å². The van der Waals surface area contributed by atoms with Crippen molar-refractivity contribution >= 4 is 0 Å². The van der Waals surface area contributed by atoms with Crippen LogP contribution in [-0.4, -0.2) is 26.4 Å². The summed E-state index contributed by atoms with van der Waals surface area (Å²) < 4.78 is 15.7. The van der Waals surface area contributed by atoms with Gasteiger partial charge in [-0.25, -0.2) is 0 Å². The lowest BCUT2D eigenvalue weighted by Crippen LogP contribution is -2.00. The monoisotopic (exact) mass is 252 g/mol. The molecule has 4 heteroatoms. The molecule has 1 aromatic rings. The highest BCUT2D eigenvalue weighted by Crippen LogP contribution is 2.39. The molecule has 18 heavy (non-hydrogen) atoms. The van der Waals surface area contributed by atoms with E-state index in [1.807, 2.05) is 13.8 Å². The first kappa shape index (κ1) is 14.4. The topological polar surface area (TPSA) is 47.9 Å². The Labute approximate surface area is 108 Å². The SMILES string of the molecule is COc1cc(C(O)C=C(C)C)cc(OC)c1OC. The molecule has 0 spiro atoms. The molecular weight excluding hydrogens is 232 g/mol. The lowest BCUT2D eigenvalue weighted by molar-refractivity contribution is 0.225. The maximum Gasteiger partial charge on any atom is 0.203 e.